The molecule has 0 fully saturated rings. The lowest BCUT2D eigenvalue weighted by molar-refractivity contribution is 0.576. The van der Waals surface area contributed by atoms with E-state index in [-0.39, 0.29) is 0 Å². The lowest BCUT2D eigenvalue weighted by Crippen LogP contribution is -1.84. The van der Waals surface area contributed by atoms with Crippen LogP contribution in [0.4, 0.5) is 0 Å². The van der Waals surface area contributed by atoms with Crippen LogP contribution in [0.1, 0.15) is 128 Å². The Balaban J connectivity index is 0.000000212. The first-order chi connectivity index (χ1) is 23.8. The molecule has 0 aliphatic rings. The van der Waals surface area contributed by atoms with Gasteiger partial charge < -0.3 is 0 Å². The van der Waals surface area contributed by atoms with Crippen molar-refractivity contribution in [3.8, 4) is 0 Å². The van der Waals surface area contributed by atoms with Crippen LogP contribution in [0.5, 0.6) is 0 Å². The van der Waals surface area contributed by atoms with Crippen LogP contribution in [-0.2, 0) is 12.8 Å². The molecular formula is C40H48S8. The molecule has 8 heterocycles. The van der Waals surface area contributed by atoms with Gasteiger partial charge in [0, 0.05) is 9.40 Å². The summed E-state index contributed by atoms with van der Waals surface area (Å²) in [7, 11) is 0. The first kappa shape index (κ1) is 35.6. The summed E-state index contributed by atoms with van der Waals surface area (Å²) in [5.41, 5.74) is 3.26. The summed E-state index contributed by atoms with van der Waals surface area (Å²) in [6.07, 6.45) is 25.1. The molecule has 0 spiro atoms. The van der Waals surface area contributed by atoms with Crippen molar-refractivity contribution in [1.29, 1.82) is 0 Å². The molecule has 0 aromatic carbocycles. The van der Waals surface area contributed by atoms with E-state index in [1.165, 1.54) is 144 Å². The van der Waals surface area contributed by atoms with Gasteiger partial charge in [-0.1, -0.05) is 104 Å². The smallest absolute Gasteiger partial charge is 0.0650 e. The Bertz CT molecular complexity index is 1990. The fourth-order valence-electron chi connectivity index (χ4n) is 6.84. The summed E-state index contributed by atoms with van der Waals surface area (Å²) < 4.78 is 18.4. The van der Waals surface area contributed by atoms with E-state index in [2.05, 4.69) is 70.2 Å². The highest BCUT2D eigenvalue weighted by Gasteiger charge is 2.19. The minimum Gasteiger partial charge on any atom is -0.141 e. The monoisotopic (exact) mass is 784 g/mol. The molecule has 0 unspecified atom stereocenters. The average molecular weight is 785 g/mol. The zero-order valence-corrected chi connectivity index (χ0v) is 35.0. The number of hydrogen-bond donors (Lipinski definition) is 0. The molecule has 0 aliphatic heterocycles. The average Bonchev–Trinajstić information content (AvgIpc) is 3.93. The van der Waals surface area contributed by atoms with Crippen LogP contribution < -0.4 is 0 Å². The van der Waals surface area contributed by atoms with Gasteiger partial charge >= 0.3 is 0 Å². The van der Waals surface area contributed by atoms with Gasteiger partial charge in [-0.05, 0) is 70.5 Å². The Kier molecular flexibility index (Phi) is 13.0. The number of thiophene rings is 8. The van der Waals surface area contributed by atoms with Gasteiger partial charge in [0.25, 0.3) is 0 Å². The quantitative estimate of drug-likeness (QED) is 0.0760. The van der Waals surface area contributed by atoms with Crippen molar-refractivity contribution in [1.82, 2.24) is 0 Å². The maximum absolute atomic E-state index is 2.47. The Morgan fingerprint density at radius 3 is 1.15 bits per heavy atom. The minimum atomic E-state index is 1.28. The van der Waals surface area contributed by atoms with E-state index in [0.717, 1.165) is 0 Å². The van der Waals surface area contributed by atoms with Crippen molar-refractivity contribution >= 4 is 147 Å². The zero-order valence-electron chi connectivity index (χ0n) is 28.5. The van der Waals surface area contributed by atoms with Crippen molar-refractivity contribution in [2.75, 3.05) is 0 Å². The molecule has 256 valence electrons. The molecule has 0 atom stereocenters. The van der Waals surface area contributed by atoms with Gasteiger partial charge in [-0.2, -0.15) is 0 Å². The number of fused-ring (bicyclic) bond motifs is 10. The van der Waals surface area contributed by atoms with E-state index in [0.29, 0.717) is 0 Å². The third-order valence-corrected chi connectivity index (χ3v) is 19.7. The van der Waals surface area contributed by atoms with Gasteiger partial charge in [0.15, 0.2) is 0 Å². The molecule has 0 amide bonds. The predicted octanol–water partition coefficient (Wildman–Crippen LogP) is 18.2. The van der Waals surface area contributed by atoms with E-state index in [4.69, 9.17) is 0 Å². The summed E-state index contributed by atoms with van der Waals surface area (Å²) in [6, 6.07) is 4.47. The van der Waals surface area contributed by atoms with Crippen molar-refractivity contribution in [2.45, 2.75) is 129 Å². The van der Waals surface area contributed by atoms with E-state index in [1.807, 2.05) is 68.0 Å². The Hall–Kier alpha value is -0.840. The molecule has 8 heteroatoms. The molecule has 0 aliphatic carbocycles. The van der Waals surface area contributed by atoms with Gasteiger partial charge in [-0.25, -0.2) is 0 Å². The van der Waals surface area contributed by atoms with Crippen LogP contribution >= 0.6 is 90.7 Å². The van der Waals surface area contributed by atoms with E-state index >= 15 is 0 Å². The third kappa shape index (κ3) is 7.96. The summed E-state index contributed by atoms with van der Waals surface area (Å²) in [5, 5.41) is 9.32. The maximum Gasteiger partial charge on any atom is 0.0650 e. The molecule has 8 aromatic rings. The summed E-state index contributed by atoms with van der Waals surface area (Å²) in [6.45, 7) is 4.60. The molecule has 0 radical (unpaired) electrons. The second-order valence-electron chi connectivity index (χ2n) is 13.2. The van der Waals surface area contributed by atoms with Crippen LogP contribution in [0.3, 0.4) is 0 Å². The molecule has 8 aromatic heterocycles. The highest BCUT2D eigenvalue weighted by molar-refractivity contribution is 7.45. The summed E-state index contributed by atoms with van der Waals surface area (Å²) in [5.74, 6) is 0. The van der Waals surface area contributed by atoms with Crippen molar-refractivity contribution in [3.63, 3.8) is 0 Å². The molecule has 48 heavy (non-hydrogen) atoms. The van der Waals surface area contributed by atoms with Crippen LogP contribution in [0, 0.1) is 0 Å². The fourth-order valence-corrected chi connectivity index (χ4v) is 17.7. The first-order valence-corrected chi connectivity index (χ1v) is 25.1. The van der Waals surface area contributed by atoms with Gasteiger partial charge in [0.2, 0.25) is 0 Å². The molecule has 0 nitrogen and oxygen atoms in total. The van der Waals surface area contributed by atoms with Gasteiger partial charge in [0.1, 0.15) is 0 Å². The Morgan fingerprint density at radius 1 is 0.354 bits per heavy atom. The van der Waals surface area contributed by atoms with Gasteiger partial charge in [-0.3, -0.25) is 0 Å². The Morgan fingerprint density at radius 2 is 0.729 bits per heavy atom. The van der Waals surface area contributed by atoms with Gasteiger partial charge in [-0.15, -0.1) is 90.7 Å². The standard InChI is InChI=1S/C30H44S4.C10H4S4/c1-3-5-7-9-11-13-15-17-19-23-21-31-27-25(23)33-30-28-26(34-29(27)30)24(22-32-28)20-18-16-14-12-10-8-6-4-2;1-3-11-7-5(1)13-10-8-6(2-4-12-8)14-9(7)10/h21-22H,3-20H2,1-2H3;1-4H. The molecule has 0 saturated carbocycles. The number of hydrogen-bond acceptors (Lipinski definition) is 8. The normalized spacial score (nSPS) is 12.2. The summed E-state index contributed by atoms with van der Waals surface area (Å²) >= 11 is 15.8. The molecular weight excluding hydrogens is 737 g/mol. The zero-order chi connectivity index (χ0) is 32.7. The number of unbranched alkanes of at least 4 members (excludes halogenated alkanes) is 14. The van der Waals surface area contributed by atoms with Crippen molar-refractivity contribution in [3.05, 3.63) is 44.8 Å². The van der Waals surface area contributed by atoms with Crippen molar-refractivity contribution in [2.24, 2.45) is 0 Å². The predicted molar refractivity (Wildman–Crippen MR) is 234 cm³/mol. The number of aryl methyl sites for hydroxylation is 2. The third-order valence-electron chi connectivity index (χ3n) is 9.56. The topological polar surface area (TPSA) is 0 Å². The van der Waals surface area contributed by atoms with E-state index in [1.54, 1.807) is 39.3 Å². The number of rotatable bonds is 18. The lowest BCUT2D eigenvalue weighted by atomic mass is 10.1. The lowest BCUT2D eigenvalue weighted by Gasteiger charge is -2.01. The molecule has 0 saturated heterocycles. The first-order valence-electron chi connectivity index (χ1n) is 18.3. The van der Waals surface area contributed by atoms with E-state index < -0.39 is 0 Å². The highest BCUT2D eigenvalue weighted by atomic mass is 32.1. The highest BCUT2D eigenvalue weighted by Crippen LogP contribution is 2.51. The molecule has 8 rings (SSSR count). The van der Waals surface area contributed by atoms with Crippen LogP contribution in [0.15, 0.2) is 33.7 Å². The SMILES string of the molecule is CCCCCCCCCCc1csc2c1sc1c3scc(CCCCCCCCCC)c3sc21.c1cc2sc3c4sccc4sc3c2s1. The maximum atomic E-state index is 2.47. The second kappa shape index (κ2) is 17.6. The summed E-state index contributed by atoms with van der Waals surface area (Å²) in [4.78, 5) is 0. The van der Waals surface area contributed by atoms with Crippen LogP contribution in [0.2, 0.25) is 0 Å². The molecule has 0 bridgehead atoms. The fraction of sp³-hybridized carbons (Fsp3) is 0.500. The Labute approximate surface area is 318 Å². The molecule has 0 N–H and O–H groups in total. The van der Waals surface area contributed by atoms with Gasteiger partial charge in [0.05, 0.1) is 47.0 Å². The second-order valence-corrected chi connectivity index (χ2v) is 21.0. The minimum absolute atomic E-state index is 1.28. The van der Waals surface area contributed by atoms with Crippen LogP contribution in [0.25, 0.3) is 56.4 Å². The van der Waals surface area contributed by atoms with Crippen molar-refractivity contribution < 1.29 is 0 Å². The van der Waals surface area contributed by atoms with E-state index in [9.17, 15) is 0 Å². The largest absolute Gasteiger partial charge is 0.141 e. The van der Waals surface area contributed by atoms with Crippen LogP contribution in [-0.4, -0.2) is 0 Å².